The summed E-state index contributed by atoms with van der Waals surface area (Å²) < 4.78 is 19.7. The van der Waals surface area contributed by atoms with Gasteiger partial charge < -0.3 is 10.1 Å². The van der Waals surface area contributed by atoms with Crippen molar-refractivity contribution in [1.82, 2.24) is 10.3 Å². The predicted molar refractivity (Wildman–Crippen MR) is 110 cm³/mol. The lowest BCUT2D eigenvalue weighted by Crippen LogP contribution is -2.44. The largest absolute Gasteiger partial charge is 0.449 e. The number of nitrogens with one attached hydrogen (secondary N) is 1. The molecule has 7 heteroatoms. The molecule has 0 saturated heterocycles. The van der Waals surface area contributed by atoms with Crippen molar-refractivity contribution in [2.75, 3.05) is 11.4 Å². The summed E-state index contributed by atoms with van der Waals surface area (Å²) in [5.41, 5.74) is 1.40. The molecule has 1 aliphatic heterocycles. The molecule has 30 heavy (non-hydrogen) atoms. The van der Waals surface area contributed by atoms with Gasteiger partial charge in [0, 0.05) is 11.8 Å². The highest BCUT2D eigenvalue weighted by Crippen LogP contribution is 2.35. The molecule has 2 heterocycles. The molecule has 6 nitrogen and oxygen atoms in total. The van der Waals surface area contributed by atoms with Crippen LogP contribution < -0.4 is 15.0 Å². The second-order valence-electron chi connectivity index (χ2n) is 6.59. The lowest BCUT2D eigenvalue weighted by Gasteiger charge is -2.30. The third kappa shape index (κ3) is 4.20. The van der Waals surface area contributed by atoms with Crippen LogP contribution in [-0.2, 0) is 16.1 Å². The van der Waals surface area contributed by atoms with Crippen molar-refractivity contribution < 1.29 is 18.7 Å². The maximum atomic E-state index is 14.0. The Morgan fingerprint density at radius 2 is 1.83 bits per heavy atom. The molecule has 1 aliphatic rings. The van der Waals surface area contributed by atoms with Gasteiger partial charge in [-0.2, -0.15) is 0 Å². The fourth-order valence-corrected chi connectivity index (χ4v) is 3.04. The molecule has 0 spiro atoms. The Morgan fingerprint density at radius 1 is 1.07 bits per heavy atom. The van der Waals surface area contributed by atoms with Gasteiger partial charge in [-0.1, -0.05) is 36.4 Å². The van der Waals surface area contributed by atoms with Crippen molar-refractivity contribution in [3.8, 4) is 5.75 Å². The molecular formula is C23H18FN3O3. The maximum absolute atomic E-state index is 14.0. The fraction of sp³-hybridized carbons (Fsp3) is 0.0870. The lowest BCUT2D eigenvalue weighted by molar-refractivity contribution is -0.123. The molecule has 4 rings (SSSR count). The Balaban J connectivity index is 1.57. The molecule has 0 radical (unpaired) electrons. The van der Waals surface area contributed by atoms with Crippen LogP contribution >= 0.6 is 0 Å². The van der Waals surface area contributed by atoms with Crippen LogP contribution in [0.25, 0.3) is 6.08 Å². The van der Waals surface area contributed by atoms with E-state index < -0.39 is 11.7 Å². The number of hydrogen-bond donors (Lipinski definition) is 1. The molecule has 0 saturated carbocycles. The molecule has 3 aromatic rings. The van der Waals surface area contributed by atoms with E-state index in [1.165, 1.54) is 17.0 Å². The van der Waals surface area contributed by atoms with E-state index >= 15 is 0 Å². The first-order valence-corrected chi connectivity index (χ1v) is 9.33. The molecule has 1 aromatic heterocycles. The van der Waals surface area contributed by atoms with E-state index in [4.69, 9.17) is 4.74 Å². The van der Waals surface area contributed by atoms with Crippen LogP contribution in [0.15, 0.2) is 78.7 Å². The number of nitrogens with zero attached hydrogens (tertiary/aromatic N) is 2. The van der Waals surface area contributed by atoms with Crippen molar-refractivity contribution in [2.45, 2.75) is 6.54 Å². The highest BCUT2D eigenvalue weighted by atomic mass is 19.1. The summed E-state index contributed by atoms with van der Waals surface area (Å²) >= 11 is 0. The summed E-state index contributed by atoms with van der Waals surface area (Å²) in [5.74, 6) is -0.991. The molecule has 0 fully saturated rings. The van der Waals surface area contributed by atoms with E-state index in [1.807, 2.05) is 6.07 Å². The van der Waals surface area contributed by atoms with Crippen LogP contribution in [0.4, 0.5) is 10.1 Å². The van der Waals surface area contributed by atoms with Gasteiger partial charge in [-0.25, -0.2) is 4.39 Å². The molecule has 0 aliphatic carbocycles. The van der Waals surface area contributed by atoms with Gasteiger partial charge in [0.2, 0.25) is 5.91 Å². The van der Waals surface area contributed by atoms with Crippen LogP contribution in [0.2, 0.25) is 0 Å². The van der Waals surface area contributed by atoms with E-state index in [1.54, 1.807) is 60.8 Å². The molecule has 150 valence electrons. The van der Waals surface area contributed by atoms with Crippen LogP contribution in [0.3, 0.4) is 0 Å². The quantitative estimate of drug-likeness (QED) is 0.664. The fourth-order valence-electron chi connectivity index (χ4n) is 3.04. The first kappa shape index (κ1) is 19.3. The van der Waals surface area contributed by atoms with Gasteiger partial charge in [-0.3, -0.25) is 19.5 Å². The van der Waals surface area contributed by atoms with E-state index in [-0.39, 0.29) is 30.3 Å². The number of hydrogen-bond acceptors (Lipinski definition) is 4. The van der Waals surface area contributed by atoms with Gasteiger partial charge in [0.1, 0.15) is 12.4 Å². The average molecular weight is 403 g/mol. The standard InChI is InChI=1S/C23H18FN3O3/c24-18-9-2-1-7-16(18)13-21-23(29)27(19-10-3-4-11-20(19)30-21)15-22(28)26-14-17-8-5-6-12-25-17/h1-13H,14-15H2,(H,26,28)/b21-13-. The van der Waals surface area contributed by atoms with E-state index in [0.29, 0.717) is 17.1 Å². The second kappa shape index (κ2) is 8.57. The number of rotatable bonds is 5. The second-order valence-corrected chi connectivity index (χ2v) is 6.59. The number of carbonyl (C=O) groups is 2. The predicted octanol–water partition coefficient (Wildman–Crippen LogP) is 3.30. The summed E-state index contributed by atoms with van der Waals surface area (Å²) in [6.45, 7) is 0.0401. The number of aromatic nitrogens is 1. The summed E-state index contributed by atoms with van der Waals surface area (Å²) in [4.78, 5) is 31.0. The normalized spacial score (nSPS) is 14.2. The minimum absolute atomic E-state index is 0.0590. The number of para-hydroxylation sites is 2. The van der Waals surface area contributed by atoms with E-state index in [0.717, 1.165) is 0 Å². The van der Waals surface area contributed by atoms with Crippen molar-refractivity contribution in [1.29, 1.82) is 0 Å². The van der Waals surface area contributed by atoms with Crippen LogP contribution in [0.1, 0.15) is 11.3 Å². The summed E-state index contributed by atoms with van der Waals surface area (Å²) in [5, 5.41) is 2.76. The molecule has 0 unspecified atom stereocenters. The molecule has 1 N–H and O–H groups in total. The molecule has 2 aromatic carbocycles. The highest BCUT2D eigenvalue weighted by molar-refractivity contribution is 6.12. The van der Waals surface area contributed by atoms with Gasteiger partial charge >= 0.3 is 0 Å². The first-order chi connectivity index (χ1) is 14.6. The number of amides is 2. The third-order valence-electron chi connectivity index (χ3n) is 4.52. The Morgan fingerprint density at radius 3 is 2.63 bits per heavy atom. The summed E-state index contributed by atoms with van der Waals surface area (Å²) in [7, 11) is 0. The monoisotopic (exact) mass is 403 g/mol. The number of halogens is 1. The lowest BCUT2D eigenvalue weighted by atomic mass is 10.1. The van der Waals surface area contributed by atoms with E-state index in [2.05, 4.69) is 10.3 Å². The van der Waals surface area contributed by atoms with Gasteiger partial charge in [-0.05, 0) is 36.4 Å². The summed E-state index contributed by atoms with van der Waals surface area (Å²) in [6, 6.07) is 18.4. The van der Waals surface area contributed by atoms with Crippen molar-refractivity contribution in [3.05, 3.63) is 95.8 Å². The minimum Gasteiger partial charge on any atom is -0.449 e. The van der Waals surface area contributed by atoms with Crippen LogP contribution in [0, 0.1) is 5.82 Å². The van der Waals surface area contributed by atoms with Gasteiger partial charge in [-0.15, -0.1) is 0 Å². The molecule has 0 bridgehead atoms. The van der Waals surface area contributed by atoms with Crippen LogP contribution in [-0.4, -0.2) is 23.3 Å². The average Bonchev–Trinajstić information content (AvgIpc) is 2.77. The highest BCUT2D eigenvalue weighted by Gasteiger charge is 2.31. The number of carbonyl (C=O) groups excluding carboxylic acids is 2. The smallest absolute Gasteiger partial charge is 0.294 e. The number of benzene rings is 2. The summed E-state index contributed by atoms with van der Waals surface area (Å²) in [6.07, 6.45) is 2.98. The maximum Gasteiger partial charge on any atom is 0.294 e. The number of pyridine rings is 1. The van der Waals surface area contributed by atoms with Crippen molar-refractivity contribution in [3.63, 3.8) is 0 Å². The minimum atomic E-state index is -0.523. The topological polar surface area (TPSA) is 71.5 Å². The number of fused-ring (bicyclic) bond motifs is 1. The SMILES string of the molecule is O=C(CN1C(=O)/C(=C/c2ccccc2F)Oc2ccccc21)NCc1ccccn1. The molecule has 2 amide bonds. The number of anilines is 1. The van der Waals surface area contributed by atoms with Gasteiger partial charge in [0.25, 0.3) is 5.91 Å². The zero-order valence-corrected chi connectivity index (χ0v) is 15.9. The Hall–Kier alpha value is -4.00. The Kier molecular flexibility index (Phi) is 5.52. The van der Waals surface area contributed by atoms with Crippen molar-refractivity contribution in [2.24, 2.45) is 0 Å². The molecule has 0 atom stereocenters. The Bertz CT molecular complexity index is 1120. The molecular weight excluding hydrogens is 385 g/mol. The van der Waals surface area contributed by atoms with E-state index in [9.17, 15) is 14.0 Å². The van der Waals surface area contributed by atoms with Gasteiger partial charge in [0.15, 0.2) is 11.5 Å². The van der Waals surface area contributed by atoms with Crippen LogP contribution in [0.5, 0.6) is 5.75 Å². The first-order valence-electron chi connectivity index (χ1n) is 9.33. The zero-order chi connectivity index (χ0) is 20.9. The zero-order valence-electron chi connectivity index (χ0n) is 15.9. The number of ether oxygens (including phenoxy) is 1. The third-order valence-corrected chi connectivity index (χ3v) is 4.52. The van der Waals surface area contributed by atoms with Crippen molar-refractivity contribution >= 4 is 23.6 Å². The Labute approximate surface area is 172 Å². The van der Waals surface area contributed by atoms with Gasteiger partial charge in [0.05, 0.1) is 17.9 Å².